The minimum absolute atomic E-state index is 0.373. The van der Waals surface area contributed by atoms with Crippen LogP contribution in [0.2, 0.25) is 0 Å². The first-order chi connectivity index (χ1) is 9.70. The molecule has 0 unspecified atom stereocenters. The van der Waals surface area contributed by atoms with Gasteiger partial charge in [-0.2, -0.15) is 0 Å². The zero-order chi connectivity index (χ0) is 15.1. The van der Waals surface area contributed by atoms with E-state index in [2.05, 4.69) is 27.7 Å². The second kappa shape index (κ2) is 4.08. The fourth-order valence-corrected chi connectivity index (χ4v) is 8.12. The van der Waals surface area contributed by atoms with Crippen LogP contribution in [0.25, 0.3) is 0 Å². The van der Waals surface area contributed by atoms with E-state index >= 15 is 0 Å². The van der Waals surface area contributed by atoms with Gasteiger partial charge >= 0.3 is 0 Å². The Kier molecular flexibility index (Phi) is 2.82. The van der Waals surface area contributed by atoms with Crippen molar-refractivity contribution >= 4 is 0 Å². The molecule has 4 aliphatic rings. The molecule has 4 rings (SSSR count). The van der Waals surface area contributed by atoms with Gasteiger partial charge < -0.3 is 5.11 Å². The monoisotopic (exact) mass is 290 g/mol. The standard InChI is InChI=1S/C20H34O/c1-17(2)9-5-10-18(3)15(17)8-11-20-12-14(6-7-16(18)20)19(4,21)13-20/h14-16,21H,5-13H2,1-4H3/t14-,15+,16+,18+,19-,20+/m1/s1. The van der Waals surface area contributed by atoms with Crippen molar-refractivity contribution in [2.75, 3.05) is 0 Å². The summed E-state index contributed by atoms with van der Waals surface area (Å²) in [5, 5.41) is 10.9. The van der Waals surface area contributed by atoms with E-state index < -0.39 is 0 Å². The zero-order valence-electron chi connectivity index (χ0n) is 14.5. The van der Waals surface area contributed by atoms with Gasteiger partial charge in [-0.15, -0.1) is 0 Å². The molecule has 1 nitrogen and oxygen atoms in total. The predicted octanol–water partition coefficient (Wildman–Crippen LogP) is 5.17. The van der Waals surface area contributed by atoms with Crippen LogP contribution >= 0.6 is 0 Å². The van der Waals surface area contributed by atoms with E-state index in [9.17, 15) is 5.11 Å². The molecule has 0 aromatic rings. The Hall–Kier alpha value is -0.0400. The number of hydrogen-bond donors (Lipinski definition) is 1. The van der Waals surface area contributed by atoms with E-state index in [4.69, 9.17) is 0 Å². The third-order valence-corrected chi connectivity index (χ3v) is 8.79. The molecule has 2 bridgehead atoms. The van der Waals surface area contributed by atoms with Crippen LogP contribution in [0.5, 0.6) is 0 Å². The van der Waals surface area contributed by atoms with Crippen molar-refractivity contribution in [2.45, 2.75) is 91.1 Å². The van der Waals surface area contributed by atoms with E-state index in [1.165, 1.54) is 51.4 Å². The molecule has 1 N–H and O–H groups in total. The van der Waals surface area contributed by atoms with Gasteiger partial charge in [-0.25, -0.2) is 0 Å². The number of hydrogen-bond acceptors (Lipinski definition) is 1. The van der Waals surface area contributed by atoms with Gasteiger partial charge in [0.1, 0.15) is 0 Å². The fraction of sp³-hybridized carbons (Fsp3) is 1.00. The SMILES string of the molecule is CC1(C)CCC[C@]2(C)[C@@H]3CC[C@@H]4C[C@@]3(CC[C@@H]12)C[C@@]4(C)O. The summed E-state index contributed by atoms with van der Waals surface area (Å²) in [6.07, 6.45) is 12.2. The maximum atomic E-state index is 10.9. The van der Waals surface area contributed by atoms with E-state index in [1.807, 2.05) is 0 Å². The average Bonchev–Trinajstić information content (AvgIpc) is 2.53. The molecule has 0 aromatic heterocycles. The van der Waals surface area contributed by atoms with Crippen molar-refractivity contribution < 1.29 is 5.11 Å². The molecule has 21 heavy (non-hydrogen) atoms. The van der Waals surface area contributed by atoms with Crippen LogP contribution in [0.1, 0.15) is 85.5 Å². The lowest BCUT2D eigenvalue weighted by Crippen LogP contribution is -2.55. The number of rotatable bonds is 0. The summed E-state index contributed by atoms with van der Waals surface area (Å²) >= 11 is 0. The molecule has 6 atom stereocenters. The predicted molar refractivity (Wildman–Crippen MR) is 87.0 cm³/mol. The third kappa shape index (κ3) is 1.79. The van der Waals surface area contributed by atoms with Crippen molar-refractivity contribution in [1.29, 1.82) is 0 Å². The lowest BCUT2D eigenvalue weighted by Gasteiger charge is -2.64. The summed E-state index contributed by atoms with van der Waals surface area (Å²) in [6.45, 7) is 9.83. The average molecular weight is 290 g/mol. The van der Waals surface area contributed by atoms with Crippen LogP contribution in [-0.4, -0.2) is 10.7 Å². The minimum Gasteiger partial charge on any atom is -0.390 e. The van der Waals surface area contributed by atoms with Crippen molar-refractivity contribution in [1.82, 2.24) is 0 Å². The molecule has 4 aliphatic carbocycles. The van der Waals surface area contributed by atoms with Crippen molar-refractivity contribution in [3.63, 3.8) is 0 Å². The number of aliphatic hydroxyl groups is 1. The Morgan fingerprint density at radius 2 is 1.62 bits per heavy atom. The molecular weight excluding hydrogens is 256 g/mol. The minimum atomic E-state index is -0.373. The van der Waals surface area contributed by atoms with Crippen molar-refractivity contribution in [2.24, 2.45) is 34.0 Å². The number of fused-ring (bicyclic) bond motifs is 3. The van der Waals surface area contributed by atoms with E-state index in [0.717, 1.165) is 18.3 Å². The highest BCUT2D eigenvalue weighted by molar-refractivity contribution is 5.15. The summed E-state index contributed by atoms with van der Waals surface area (Å²) in [6, 6.07) is 0. The summed E-state index contributed by atoms with van der Waals surface area (Å²) in [5.41, 5.74) is 1.20. The zero-order valence-corrected chi connectivity index (χ0v) is 14.5. The largest absolute Gasteiger partial charge is 0.390 e. The smallest absolute Gasteiger partial charge is 0.0653 e. The summed E-state index contributed by atoms with van der Waals surface area (Å²) in [7, 11) is 0. The molecule has 120 valence electrons. The van der Waals surface area contributed by atoms with Crippen LogP contribution in [0, 0.1) is 34.0 Å². The van der Waals surface area contributed by atoms with E-state index in [0.29, 0.717) is 22.2 Å². The van der Waals surface area contributed by atoms with Crippen LogP contribution in [0.3, 0.4) is 0 Å². The van der Waals surface area contributed by atoms with Gasteiger partial charge in [0, 0.05) is 0 Å². The molecule has 0 heterocycles. The summed E-state index contributed by atoms with van der Waals surface area (Å²) in [4.78, 5) is 0. The molecule has 4 saturated carbocycles. The molecule has 4 fully saturated rings. The van der Waals surface area contributed by atoms with E-state index in [1.54, 1.807) is 0 Å². The Bertz CT molecular complexity index is 451. The van der Waals surface area contributed by atoms with Crippen molar-refractivity contribution in [3.8, 4) is 0 Å². The normalized spacial score (nSPS) is 58.4. The van der Waals surface area contributed by atoms with Gasteiger partial charge in [0.15, 0.2) is 0 Å². The Morgan fingerprint density at radius 3 is 2.38 bits per heavy atom. The Balaban J connectivity index is 1.73. The summed E-state index contributed by atoms with van der Waals surface area (Å²) < 4.78 is 0. The molecule has 1 spiro atoms. The first kappa shape index (κ1) is 14.5. The highest BCUT2D eigenvalue weighted by Crippen LogP contribution is 2.72. The van der Waals surface area contributed by atoms with Crippen LogP contribution in [-0.2, 0) is 0 Å². The molecule has 0 radical (unpaired) electrons. The summed E-state index contributed by atoms with van der Waals surface area (Å²) in [5.74, 6) is 2.38. The van der Waals surface area contributed by atoms with Crippen molar-refractivity contribution in [3.05, 3.63) is 0 Å². The van der Waals surface area contributed by atoms with E-state index in [-0.39, 0.29) is 5.60 Å². The first-order valence-corrected chi connectivity index (χ1v) is 9.42. The highest BCUT2D eigenvalue weighted by Gasteiger charge is 2.65. The highest BCUT2D eigenvalue weighted by atomic mass is 16.3. The molecular formula is C20H34O. The maximum Gasteiger partial charge on any atom is 0.0653 e. The van der Waals surface area contributed by atoms with Crippen LogP contribution in [0.4, 0.5) is 0 Å². The topological polar surface area (TPSA) is 20.2 Å². The second-order valence-electron chi connectivity index (χ2n) is 10.4. The Morgan fingerprint density at radius 1 is 0.857 bits per heavy atom. The second-order valence-corrected chi connectivity index (χ2v) is 10.4. The molecule has 0 aromatic carbocycles. The van der Waals surface area contributed by atoms with Crippen LogP contribution in [0.15, 0.2) is 0 Å². The first-order valence-electron chi connectivity index (χ1n) is 9.42. The van der Waals surface area contributed by atoms with Gasteiger partial charge in [0.05, 0.1) is 5.60 Å². The third-order valence-electron chi connectivity index (χ3n) is 8.79. The molecule has 1 heteroatoms. The van der Waals surface area contributed by atoms with Gasteiger partial charge in [-0.05, 0) is 92.3 Å². The lowest BCUT2D eigenvalue weighted by molar-refractivity contribution is -0.145. The lowest BCUT2D eigenvalue weighted by atomic mass is 9.41. The Labute approximate surface area is 130 Å². The molecule has 0 aliphatic heterocycles. The molecule has 0 saturated heterocycles. The fourth-order valence-electron chi connectivity index (χ4n) is 8.12. The van der Waals surface area contributed by atoms with Gasteiger partial charge in [-0.1, -0.05) is 27.2 Å². The molecule has 0 amide bonds. The van der Waals surface area contributed by atoms with Gasteiger partial charge in [-0.3, -0.25) is 0 Å². The van der Waals surface area contributed by atoms with Crippen LogP contribution < -0.4 is 0 Å². The quantitative estimate of drug-likeness (QED) is 0.652. The van der Waals surface area contributed by atoms with Gasteiger partial charge in [0.25, 0.3) is 0 Å². The van der Waals surface area contributed by atoms with Gasteiger partial charge in [0.2, 0.25) is 0 Å². The maximum absolute atomic E-state index is 10.9.